The number of para-hydroxylation sites is 1. The Kier molecular flexibility index (Phi) is 5.69. The molecule has 0 bridgehead atoms. The highest BCUT2D eigenvalue weighted by molar-refractivity contribution is 7.80. The molecular formula is C18H19F3N4OS. The van der Waals surface area contributed by atoms with Crippen molar-refractivity contribution in [3.8, 4) is 5.75 Å². The number of ether oxygens (including phenoxy) is 1. The number of halogens is 3. The molecule has 1 saturated heterocycles. The first-order valence-electron chi connectivity index (χ1n) is 8.35. The van der Waals surface area contributed by atoms with Crippen molar-refractivity contribution in [1.82, 2.24) is 9.88 Å². The van der Waals surface area contributed by atoms with Crippen LogP contribution in [0, 0.1) is 0 Å². The molecule has 2 heterocycles. The third kappa shape index (κ3) is 4.60. The topological polar surface area (TPSA) is 40.6 Å². The number of hydrogen-bond donors (Lipinski definition) is 1. The third-order valence-corrected chi connectivity index (χ3v) is 4.68. The Labute approximate surface area is 160 Å². The third-order valence-electron chi connectivity index (χ3n) is 4.32. The summed E-state index contributed by atoms with van der Waals surface area (Å²) in [6.45, 7) is 1.92. The largest absolute Gasteiger partial charge is 0.497 e. The number of hydrogen-bond acceptors (Lipinski definition) is 4. The second-order valence-corrected chi connectivity index (χ2v) is 6.39. The maximum Gasteiger partial charge on any atom is 0.418 e. The molecule has 1 aliphatic heterocycles. The summed E-state index contributed by atoms with van der Waals surface area (Å²) in [5.41, 5.74) is -0.405. The van der Waals surface area contributed by atoms with Gasteiger partial charge in [-0.3, -0.25) is 0 Å². The summed E-state index contributed by atoms with van der Waals surface area (Å²) in [4.78, 5) is 7.84. The Hall–Kier alpha value is -2.55. The number of nitrogens with zero attached hydrogens (tertiary/aromatic N) is 3. The zero-order valence-corrected chi connectivity index (χ0v) is 15.5. The van der Waals surface area contributed by atoms with Crippen molar-refractivity contribution in [2.45, 2.75) is 6.18 Å². The van der Waals surface area contributed by atoms with Gasteiger partial charge in [-0.15, -0.1) is 0 Å². The molecule has 0 atom stereocenters. The van der Waals surface area contributed by atoms with Crippen LogP contribution in [0.4, 0.5) is 24.7 Å². The Morgan fingerprint density at radius 2 is 1.85 bits per heavy atom. The summed E-state index contributed by atoms with van der Waals surface area (Å²) in [7, 11) is 1.56. The van der Waals surface area contributed by atoms with Crippen molar-refractivity contribution in [2.75, 3.05) is 43.5 Å². The van der Waals surface area contributed by atoms with E-state index in [-0.39, 0.29) is 5.69 Å². The summed E-state index contributed by atoms with van der Waals surface area (Å²) in [5, 5.41) is 3.53. The smallest absolute Gasteiger partial charge is 0.418 e. The highest BCUT2D eigenvalue weighted by Crippen LogP contribution is 2.36. The molecule has 9 heteroatoms. The van der Waals surface area contributed by atoms with Crippen LogP contribution >= 0.6 is 12.2 Å². The molecule has 1 N–H and O–H groups in total. The first-order chi connectivity index (χ1) is 12.9. The highest BCUT2D eigenvalue weighted by atomic mass is 32.1. The molecule has 0 radical (unpaired) electrons. The molecule has 2 aromatic rings. The molecule has 3 rings (SSSR count). The van der Waals surface area contributed by atoms with E-state index >= 15 is 0 Å². The Morgan fingerprint density at radius 3 is 2.52 bits per heavy atom. The van der Waals surface area contributed by atoms with Gasteiger partial charge in [0.2, 0.25) is 0 Å². The molecule has 1 aromatic carbocycles. The van der Waals surface area contributed by atoms with E-state index in [1.807, 2.05) is 4.90 Å². The first-order valence-corrected chi connectivity index (χ1v) is 8.76. The van der Waals surface area contributed by atoms with Crippen LogP contribution in [0.15, 0.2) is 42.6 Å². The fourth-order valence-electron chi connectivity index (χ4n) is 2.93. The number of rotatable bonds is 3. The maximum absolute atomic E-state index is 13.2. The second kappa shape index (κ2) is 7.99. The van der Waals surface area contributed by atoms with E-state index in [0.717, 1.165) is 6.07 Å². The average Bonchev–Trinajstić information content (AvgIpc) is 2.67. The number of pyridine rings is 1. The zero-order valence-electron chi connectivity index (χ0n) is 14.7. The van der Waals surface area contributed by atoms with Gasteiger partial charge in [-0.2, -0.15) is 13.2 Å². The van der Waals surface area contributed by atoms with E-state index in [1.54, 1.807) is 36.4 Å². The Bertz CT molecular complexity index is 807. The highest BCUT2D eigenvalue weighted by Gasteiger charge is 2.35. The molecule has 0 unspecified atom stereocenters. The molecule has 1 fully saturated rings. The van der Waals surface area contributed by atoms with Crippen LogP contribution in [0.3, 0.4) is 0 Å². The van der Waals surface area contributed by atoms with Gasteiger partial charge >= 0.3 is 6.18 Å². The number of piperazine rings is 1. The predicted octanol–water partition coefficient (Wildman–Crippen LogP) is 3.63. The van der Waals surface area contributed by atoms with Crippen LogP contribution in [-0.4, -0.2) is 48.3 Å². The van der Waals surface area contributed by atoms with Crippen LogP contribution < -0.4 is 15.0 Å². The second-order valence-electron chi connectivity index (χ2n) is 6.00. The van der Waals surface area contributed by atoms with Gasteiger partial charge in [0.05, 0.1) is 12.7 Å². The number of thiocarbonyl (C=S) groups is 1. The van der Waals surface area contributed by atoms with Crippen molar-refractivity contribution in [1.29, 1.82) is 0 Å². The Balaban J connectivity index is 1.63. The number of nitrogens with one attached hydrogen (secondary N) is 1. The lowest BCUT2D eigenvalue weighted by Gasteiger charge is -2.38. The summed E-state index contributed by atoms with van der Waals surface area (Å²) in [6.07, 6.45) is -2.77. The fourth-order valence-corrected chi connectivity index (χ4v) is 3.22. The quantitative estimate of drug-likeness (QED) is 0.799. The monoisotopic (exact) mass is 396 g/mol. The maximum atomic E-state index is 13.2. The average molecular weight is 396 g/mol. The van der Waals surface area contributed by atoms with Gasteiger partial charge in [-0.1, -0.05) is 12.1 Å². The minimum absolute atomic E-state index is 0.206. The van der Waals surface area contributed by atoms with Gasteiger partial charge in [0.1, 0.15) is 11.6 Å². The van der Waals surface area contributed by atoms with E-state index in [2.05, 4.69) is 10.3 Å². The number of alkyl halides is 3. The SMILES string of the molecule is COc1ccnc(NC(=S)N2CCN(c3ccccc3C(F)(F)F)CC2)c1. The van der Waals surface area contributed by atoms with Crippen LogP contribution in [-0.2, 0) is 6.18 Å². The van der Waals surface area contributed by atoms with E-state index < -0.39 is 11.7 Å². The molecular weight excluding hydrogens is 377 g/mol. The lowest BCUT2D eigenvalue weighted by molar-refractivity contribution is -0.137. The van der Waals surface area contributed by atoms with Gasteiger partial charge in [0.25, 0.3) is 0 Å². The van der Waals surface area contributed by atoms with Crippen LogP contribution in [0.25, 0.3) is 0 Å². The molecule has 1 aliphatic rings. The van der Waals surface area contributed by atoms with Gasteiger partial charge in [0, 0.05) is 44.1 Å². The van der Waals surface area contributed by atoms with Gasteiger partial charge in [-0.25, -0.2) is 4.98 Å². The normalized spacial score (nSPS) is 14.8. The minimum atomic E-state index is -4.37. The van der Waals surface area contributed by atoms with E-state index in [1.165, 1.54) is 12.1 Å². The standard InChI is InChI=1S/C18H19F3N4OS/c1-26-13-6-7-22-16(12-13)23-17(27)25-10-8-24(9-11-25)15-5-3-2-4-14(15)18(19,20)21/h2-7,12H,8-11H2,1H3,(H,22,23,27). The van der Waals surface area contributed by atoms with Crippen molar-refractivity contribution >= 4 is 28.8 Å². The van der Waals surface area contributed by atoms with Crippen molar-refractivity contribution < 1.29 is 17.9 Å². The minimum Gasteiger partial charge on any atom is -0.497 e. The number of methoxy groups -OCH3 is 1. The van der Waals surface area contributed by atoms with Crippen LogP contribution in [0.2, 0.25) is 0 Å². The number of benzene rings is 1. The summed E-state index contributed by atoms with van der Waals surface area (Å²) >= 11 is 5.41. The molecule has 5 nitrogen and oxygen atoms in total. The zero-order chi connectivity index (χ0) is 19.4. The summed E-state index contributed by atoms with van der Waals surface area (Å²) in [6, 6.07) is 9.10. The van der Waals surface area contributed by atoms with E-state index in [9.17, 15) is 13.2 Å². The van der Waals surface area contributed by atoms with Gasteiger partial charge in [0.15, 0.2) is 5.11 Å². The van der Waals surface area contributed by atoms with Gasteiger partial charge in [-0.05, 0) is 30.4 Å². The molecule has 0 aliphatic carbocycles. The summed E-state index contributed by atoms with van der Waals surface area (Å²) in [5.74, 6) is 1.22. The van der Waals surface area contributed by atoms with Crippen molar-refractivity contribution in [2.24, 2.45) is 0 Å². The summed E-state index contributed by atoms with van der Waals surface area (Å²) < 4.78 is 44.8. The molecule has 0 saturated carbocycles. The van der Waals surface area contributed by atoms with Crippen molar-refractivity contribution in [3.63, 3.8) is 0 Å². The lowest BCUT2D eigenvalue weighted by Crippen LogP contribution is -2.50. The molecule has 1 aromatic heterocycles. The first kappa shape index (κ1) is 19.2. The Morgan fingerprint density at radius 1 is 1.15 bits per heavy atom. The lowest BCUT2D eigenvalue weighted by atomic mass is 10.1. The van der Waals surface area contributed by atoms with Crippen molar-refractivity contribution in [3.05, 3.63) is 48.2 Å². The van der Waals surface area contributed by atoms with E-state index in [0.29, 0.717) is 42.9 Å². The number of anilines is 2. The van der Waals surface area contributed by atoms with E-state index in [4.69, 9.17) is 17.0 Å². The predicted molar refractivity (Wildman–Crippen MR) is 102 cm³/mol. The fraction of sp³-hybridized carbons (Fsp3) is 0.333. The molecule has 27 heavy (non-hydrogen) atoms. The van der Waals surface area contributed by atoms with Crippen LogP contribution in [0.5, 0.6) is 5.75 Å². The number of aromatic nitrogens is 1. The van der Waals surface area contributed by atoms with Crippen LogP contribution in [0.1, 0.15) is 5.56 Å². The molecule has 0 spiro atoms. The van der Waals surface area contributed by atoms with Gasteiger partial charge < -0.3 is 19.9 Å². The molecule has 144 valence electrons. The molecule has 0 amide bonds.